The first kappa shape index (κ1) is 16.2. The number of aromatic nitrogens is 1. The summed E-state index contributed by atoms with van der Waals surface area (Å²) in [5.41, 5.74) is 1.34. The monoisotopic (exact) mass is 332 g/mol. The fraction of sp³-hybridized carbons (Fsp3) is 0.278. The van der Waals surface area contributed by atoms with Crippen molar-refractivity contribution in [3.63, 3.8) is 0 Å². The quantitative estimate of drug-likeness (QED) is 0.769. The fourth-order valence-corrected chi connectivity index (χ4v) is 2.56. The lowest BCUT2D eigenvalue weighted by molar-refractivity contribution is 0.0940. The molecule has 0 saturated heterocycles. The highest BCUT2D eigenvalue weighted by molar-refractivity contribution is 5.97. The minimum absolute atomic E-state index is 0.0888. The lowest BCUT2D eigenvalue weighted by Crippen LogP contribution is -2.29. The largest absolute Gasteiger partial charge is 0.463 e. The summed E-state index contributed by atoms with van der Waals surface area (Å²) in [4.78, 5) is 12.4. The molecule has 2 heterocycles. The molecule has 0 radical (unpaired) electrons. The van der Waals surface area contributed by atoms with E-state index in [1.165, 1.54) is 24.5 Å². The molecular formula is C18H18F2N2O2. The highest BCUT2D eigenvalue weighted by atomic mass is 19.1. The predicted octanol–water partition coefficient (Wildman–Crippen LogP) is 3.95. The lowest BCUT2D eigenvalue weighted by atomic mass is 10.2. The molecule has 0 spiro atoms. The molecule has 2 aromatic heterocycles. The third kappa shape index (κ3) is 3.04. The number of rotatable bonds is 5. The summed E-state index contributed by atoms with van der Waals surface area (Å²) in [6.45, 7) is 4.39. The van der Waals surface area contributed by atoms with Crippen LogP contribution in [0.5, 0.6) is 0 Å². The van der Waals surface area contributed by atoms with Crippen molar-refractivity contribution in [3.05, 3.63) is 59.5 Å². The summed E-state index contributed by atoms with van der Waals surface area (Å²) in [6.07, 6.45) is 1.48. The summed E-state index contributed by atoms with van der Waals surface area (Å²) >= 11 is 0. The van der Waals surface area contributed by atoms with Gasteiger partial charge in [0.2, 0.25) is 0 Å². The normalized spacial score (nSPS) is 11.4. The van der Waals surface area contributed by atoms with Crippen LogP contribution >= 0.6 is 0 Å². The Hall–Kier alpha value is -2.63. The standard InChI is InChI=1S/C18H18F2N2O2/c1-11(2)9-21-18(23)16-8-17-15(6-7-24-17)22(16)10-12-13(19)4-3-5-14(12)20/h3-8,11H,9-10H2,1-2H3,(H,21,23). The molecule has 24 heavy (non-hydrogen) atoms. The number of amides is 1. The van der Waals surface area contributed by atoms with Crippen LogP contribution in [0.25, 0.3) is 11.1 Å². The zero-order valence-corrected chi connectivity index (χ0v) is 13.5. The lowest BCUT2D eigenvalue weighted by Gasteiger charge is -2.12. The molecule has 0 saturated carbocycles. The molecule has 1 N–H and O–H groups in total. The Bertz CT molecular complexity index is 860. The van der Waals surface area contributed by atoms with Crippen molar-refractivity contribution in [1.29, 1.82) is 0 Å². The van der Waals surface area contributed by atoms with Crippen molar-refractivity contribution < 1.29 is 18.0 Å². The molecule has 126 valence electrons. The summed E-state index contributed by atoms with van der Waals surface area (Å²) in [6, 6.07) is 6.98. The van der Waals surface area contributed by atoms with E-state index in [0.29, 0.717) is 29.3 Å². The average molecular weight is 332 g/mol. The molecule has 0 aliphatic heterocycles. The van der Waals surface area contributed by atoms with Crippen LogP contribution in [0, 0.1) is 17.6 Å². The minimum Gasteiger partial charge on any atom is -0.463 e. The first-order chi connectivity index (χ1) is 11.5. The smallest absolute Gasteiger partial charge is 0.268 e. The van der Waals surface area contributed by atoms with Gasteiger partial charge in [-0.05, 0) is 18.1 Å². The van der Waals surface area contributed by atoms with E-state index in [-0.39, 0.29) is 18.0 Å². The molecule has 1 amide bonds. The molecule has 0 atom stereocenters. The van der Waals surface area contributed by atoms with Crippen LogP contribution in [-0.2, 0) is 6.54 Å². The molecule has 0 fully saturated rings. The van der Waals surface area contributed by atoms with Crippen LogP contribution in [0.15, 0.2) is 41.0 Å². The van der Waals surface area contributed by atoms with Crippen molar-refractivity contribution in [3.8, 4) is 0 Å². The van der Waals surface area contributed by atoms with Gasteiger partial charge in [0, 0.05) is 24.2 Å². The number of benzene rings is 1. The third-order valence-electron chi connectivity index (χ3n) is 3.80. The summed E-state index contributed by atoms with van der Waals surface area (Å²) in [7, 11) is 0. The molecular weight excluding hydrogens is 314 g/mol. The molecule has 3 aromatic rings. The third-order valence-corrected chi connectivity index (χ3v) is 3.80. The van der Waals surface area contributed by atoms with Crippen LogP contribution < -0.4 is 5.32 Å². The van der Waals surface area contributed by atoms with Crippen LogP contribution in [0.1, 0.15) is 29.9 Å². The minimum atomic E-state index is -0.645. The Labute approximate surface area is 138 Å². The van der Waals surface area contributed by atoms with E-state index in [4.69, 9.17) is 4.42 Å². The fourth-order valence-electron chi connectivity index (χ4n) is 2.56. The van der Waals surface area contributed by atoms with E-state index in [1.807, 2.05) is 13.8 Å². The zero-order valence-electron chi connectivity index (χ0n) is 13.5. The topological polar surface area (TPSA) is 47.2 Å². The maximum atomic E-state index is 14.0. The van der Waals surface area contributed by atoms with E-state index in [2.05, 4.69) is 5.32 Å². The number of hydrogen-bond donors (Lipinski definition) is 1. The van der Waals surface area contributed by atoms with Gasteiger partial charge in [0.15, 0.2) is 5.58 Å². The first-order valence-electron chi connectivity index (χ1n) is 7.75. The van der Waals surface area contributed by atoms with Gasteiger partial charge >= 0.3 is 0 Å². The van der Waals surface area contributed by atoms with Crippen LogP contribution in [-0.4, -0.2) is 17.0 Å². The van der Waals surface area contributed by atoms with Gasteiger partial charge in [-0.15, -0.1) is 0 Å². The van der Waals surface area contributed by atoms with E-state index in [1.54, 1.807) is 16.7 Å². The van der Waals surface area contributed by atoms with Crippen LogP contribution in [0.2, 0.25) is 0 Å². The van der Waals surface area contributed by atoms with Crippen LogP contribution in [0.3, 0.4) is 0 Å². The molecule has 0 unspecified atom stereocenters. The van der Waals surface area contributed by atoms with Gasteiger partial charge in [-0.3, -0.25) is 4.79 Å². The van der Waals surface area contributed by atoms with Gasteiger partial charge < -0.3 is 14.3 Å². The second kappa shape index (κ2) is 6.47. The van der Waals surface area contributed by atoms with Gasteiger partial charge in [-0.25, -0.2) is 8.78 Å². The summed E-state index contributed by atoms with van der Waals surface area (Å²) < 4.78 is 34.8. The summed E-state index contributed by atoms with van der Waals surface area (Å²) in [5, 5.41) is 2.82. The number of halogens is 2. The number of furan rings is 1. The first-order valence-corrected chi connectivity index (χ1v) is 7.75. The van der Waals surface area contributed by atoms with Crippen LogP contribution in [0.4, 0.5) is 8.78 Å². The number of hydrogen-bond acceptors (Lipinski definition) is 2. The maximum absolute atomic E-state index is 14.0. The molecule has 0 bridgehead atoms. The van der Waals surface area contributed by atoms with Crippen molar-refractivity contribution in [1.82, 2.24) is 9.88 Å². The molecule has 3 rings (SSSR count). The molecule has 1 aromatic carbocycles. The van der Waals surface area contributed by atoms with E-state index < -0.39 is 11.6 Å². The predicted molar refractivity (Wildman–Crippen MR) is 86.8 cm³/mol. The molecule has 0 aliphatic rings. The van der Waals surface area contributed by atoms with Gasteiger partial charge in [0.1, 0.15) is 17.3 Å². The summed E-state index contributed by atoms with van der Waals surface area (Å²) in [5.74, 6) is -1.29. The Morgan fingerprint density at radius 2 is 1.96 bits per heavy atom. The van der Waals surface area contributed by atoms with Gasteiger partial charge in [-0.2, -0.15) is 0 Å². The van der Waals surface area contributed by atoms with E-state index in [0.717, 1.165) is 0 Å². The zero-order chi connectivity index (χ0) is 17.3. The second-order valence-electron chi connectivity index (χ2n) is 6.09. The van der Waals surface area contributed by atoms with Crippen molar-refractivity contribution in [2.45, 2.75) is 20.4 Å². The average Bonchev–Trinajstić information content (AvgIpc) is 3.10. The molecule has 4 nitrogen and oxygen atoms in total. The Morgan fingerprint density at radius 1 is 1.25 bits per heavy atom. The second-order valence-corrected chi connectivity index (χ2v) is 6.09. The Kier molecular flexibility index (Phi) is 4.38. The Morgan fingerprint density at radius 3 is 2.62 bits per heavy atom. The maximum Gasteiger partial charge on any atom is 0.268 e. The number of nitrogens with zero attached hydrogens (tertiary/aromatic N) is 1. The SMILES string of the molecule is CC(C)CNC(=O)c1cc2occc2n1Cc1c(F)cccc1F. The van der Waals surface area contributed by atoms with E-state index >= 15 is 0 Å². The van der Waals surface area contributed by atoms with Gasteiger partial charge in [0.25, 0.3) is 5.91 Å². The number of carbonyl (C=O) groups excluding carboxylic acids is 1. The van der Waals surface area contributed by atoms with Crippen molar-refractivity contribution in [2.24, 2.45) is 5.92 Å². The van der Waals surface area contributed by atoms with Crippen molar-refractivity contribution in [2.75, 3.05) is 6.54 Å². The molecule has 0 aliphatic carbocycles. The molecule has 6 heteroatoms. The van der Waals surface area contributed by atoms with E-state index in [9.17, 15) is 13.6 Å². The highest BCUT2D eigenvalue weighted by Crippen LogP contribution is 2.24. The van der Waals surface area contributed by atoms with Gasteiger partial charge in [0.05, 0.1) is 18.3 Å². The highest BCUT2D eigenvalue weighted by Gasteiger charge is 2.20. The number of fused-ring (bicyclic) bond motifs is 1. The van der Waals surface area contributed by atoms with Crippen molar-refractivity contribution >= 4 is 17.0 Å². The van der Waals surface area contributed by atoms with Gasteiger partial charge in [-0.1, -0.05) is 19.9 Å². The number of carbonyl (C=O) groups is 1. The number of nitrogens with one attached hydrogen (secondary N) is 1. The Balaban J connectivity index is 2.01.